The van der Waals surface area contributed by atoms with Crippen LogP contribution in [-0.4, -0.2) is 43.9 Å². The topological polar surface area (TPSA) is 51.7 Å². The normalized spacial score (nSPS) is 15.1. The lowest BCUT2D eigenvalue weighted by Gasteiger charge is -2.31. The van der Waals surface area contributed by atoms with Crippen molar-refractivity contribution in [2.24, 2.45) is 0 Å². The molecule has 1 aliphatic rings. The molecule has 2 heterocycles. The van der Waals surface area contributed by atoms with E-state index in [1.165, 1.54) is 0 Å². The van der Waals surface area contributed by atoms with Gasteiger partial charge in [0.25, 0.3) is 0 Å². The summed E-state index contributed by atoms with van der Waals surface area (Å²) in [7, 11) is 0. The van der Waals surface area contributed by atoms with Gasteiger partial charge in [0.15, 0.2) is 0 Å². The van der Waals surface area contributed by atoms with Crippen LogP contribution in [0.2, 0.25) is 5.02 Å². The largest absolute Gasteiger partial charge is 0.462 e. The van der Waals surface area contributed by atoms with Gasteiger partial charge in [-0.3, -0.25) is 4.98 Å². The van der Waals surface area contributed by atoms with E-state index in [1.807, 2.05) is 12.1 Å². The lowest BCUT2D eigenvalue weighted by molar-refractivity contribution is 0.0526. The van der Waals surface area contributed by atoms with Crippen molar-refractivity contribution in [2.45, 2.75) is 6.92 Å². The number of nitrogens with zero attached hydrogens (tertiary/aromatic N) is 2. The van der Waals surface area contributed by atoms with Gasteiger partial charge in [-0.25, -0.2) is 4.79 Å². The van der Waals surface area contributed by atoms with Gasteiger partial charge in [-0.1, -0.05) is 11.6 Å². The number of morpholine rings is 1. The highest BCUT2D eigenvalue weighted by Gasteiger charge is 2.23. The molecule has 0 N–H and O–H groups in total. The minimum Gasteiger partial charge on any atom is -0.462 e. The molecule has 0 amide bonds. The van der Waals surface area contributed by atoms with Gasteiger partial charge in [-0.15, -0.1) is 0 Å². The fourth-order valence-electron chi connectivity index (χ4n) is 2.64. The van der Waals surface area contributed by atoms with E-state index >= 15 is 0 Å². The molecule has 22 heavy (non-hydrogen) atoms. The first kappa shape index (κ1) is 15.1. The molecule has 3 rings (SSSR count). The Bertz CT molecular complexity index is 699. The first-order valence-electron chi connectivity index (χ1n) is 7.28. The molecule has 0 spiro atoms. The Balaban J connectivity index is 2.16. The molecule has 2 aromatic rings. The maximum absolute atomic E-state index is 12.3. The summed E-state index contributed by atoms with van der Waals surface area (Å²) < 4.78 is 10.6. The van der Waals surface area contributed by atoms with Crippen molar-refractivity contribution in [3.8, 4) is 0 Å². The van der Waals surface area contributed by atoms with Crippen LogP contribution in [0.15, 0.2) is 24.4 Å². The summed E-state index contributed by atoms with van der Waals surface area (Å²) in [6.45, 7) is 4.86. The summed E-state index contributed by atoms with van der Waals surface area (Å²) in [6, 6.07) is 5.51. The highest BCUT2D eigenvalue weighted by atomic mass is 35.5. The lowest BCUT2D eigenvalue weighted by Crippen LogP contribution is -2.37. The van der Waals surface area contributed by atoms with E-state index in [9.17, 15) is 4.79 Å². The monoisotopic (exact) mass is 320 g/mol. The first-order chi connectivity index (χ1) is 10.7. The number of pyridine rings is 1. The molecule has 0 atom stereocenters. The number of ether oxygens (including phenoxy) is 2. The fraction of sp³-hybridized carbons (Fsp3) is 0.375. The van der Waals surface area contributed by atoms with E-state index in [4.69, 9.17) is 21.1 Å². The number of esters is 1. The van der Waals surface area contributed by atoms with Gasteiger partial charge in [0, 0.05) is 29.7 Å². The Labute approximate surface area is 133 Å². The number of carbonyl (C=O) groups excluding carboxylic acids is 1. The maximum atomic E-state index is 12.3. The number of carbonyl (C=O) groups is 1. The highest BCUT2D eigenvalue weighted by Crippen LogP contribution is 2.32. The van der Waals surface area contributed by atoms with E-state index < -0.39 is 0 Å². The molecular weight excluding hydrogens is 304 g/mol. The van der Waals surface area contributed by atoms with Crippen LogP contribution in [0.5, 0.6) is 0 Å². The smallest absolute Gasteiger partial charge is 0.341 e. The van der Waals surface area contributed by atoms with Crippen molar-refractivity contribution in [1.29, 1.82) is 0 Å². The number of anilines is 1. The third-order valence-electron chi connectivity index (χ3n) is 3.63. The van der Waals surface area contributed by atoms with Crippen molar-refractivity contribution in [3.63, 3.8) is 0 Å². The van der Waals surface area contributed by atoms with Crippen LogP contribution in [-0.2, 0) is 9.47 Å². The van der Waals surface area contributed by atoms with Crippen molar-refractivity contribution in [2.75, 3.05) is 37.8 Å². The standard InChI is InChI=1S/C16H17ClN2O3/c1-2-22-16(20)13-10-18-14-9-11(17)3-4-12(14)15(13)19-5-7-21-8-6-19/h3-4,9-10H,2,5-8H2,1H3. The average molecular weight is 321 g/mol. The average Bonchev–Trinajstić information content (AvgIpc) is 2.54. The lowest BCUT2D eigenvalue weighted by atomic mass is 10.1. The van der Waals surface area contributed by atoms with Crippen molar-refractivity contribution < 1.29 is 14.3 Å². The van der Waals surface area contributed by atoms with E-state index in [1.54, 1.807) is 19.2 Å². The molecule has 0 aliphatic carbocycles. The Hall–Kier alpha value is -1.85. The van der Waals surface area contributed by atoms with Crippen molar-refractivity contribution >= 4 is 34.2 Å². The quantitative estimate of drug-likeness (QED) is 0.814. The predicted octanol–water partition coefficient (Wildman–Crippen LogP) is 2.90. The van der Waals surface area contributed by atoms with E-state index in [-0.39, 0.29) is 5.97 Å². The predicted molar refractivity (Wildman–Crippen MR) is 85.7 cm³/mol. The molecule has 5 nitrogen and oxygen atoms in total. The van der Waals surface area contributed by atoms with Crippen LogP contribution in [0, 0.1) is 0 Å². The van der Waals surface area contributed by atoms with E-state index in [2.05, 4.69) is 9.88 Å². The van der Waals surface area contributed by atoms with Gasteiger partial charge < -0.3 is 14.4 Å². The maximum Gasteiger partial charge on any atom is 0.341 e. The van der Waals surface area contributed by atoms with Crippen LogP contribution in [0.3, 0.4) is 0 Å². The van der Waals surface area contributed by atoms with Crippen LogP contribution in [0.4, 0.5) is 5.69 Å². The molecule has 0 radical (unpaired) electrons. The molecule has 116 valence electrons. The highest BCUT2D eigenvalue weighted by molar-refractivity contribution is 6.31. The third kappa shape index (κ3) is 2.87. The van der Waals surface area contributed by atoms with Gasteiger partial charge in [0.2, 0.25) is 0 Å². The Morgan fingerprint density at radius 3 is 2.91 bits per heavy atom. The zero-order valence-corrected chi connectivity index (χ0v) is 13.1. The second kappa shape index (κ2) is 6.50. The van der Waals surface area contributed by atoms with Gasteiger partial charge >= 0.3 is 5.97 Å². The minimum absolute atomic E-state index is 0.333. The van der Waals surface area contributed by atoms with Crippen LogP contribution in [0.1, 0.15) is 17.3 Å². The molecular formula is C16H17ClN2O3. The number of aromatic nitrogens is 1. The van der Waals surface area contributed by atoms with Crippen molar-refractivity contribution in [1.82, 2.24) is 4.98 Å². The Morgan fingerprint density at radius 2 is 2.18 bits per heavy atom. The van der Waals surface area contributed by atoms with Crippen LogP contribution >= 0.6 is 11.6 Å². The summed E-state index contributed by atoms with van der Waals surface area (Å²) >= 11 is 6.04. The zero-order valence-electron chi connectivity index (χ0n) is 12.3. The SMILES string of the molecule is CCOC(=O)c1cnc2cc(Cl)ccc2c1N1CCOCC1. The second-order valence-corrected chi connectivity index (χ2v) is 5.44. The van der Waals surface area contributed by atoms with Gasteiger partial charge in [0.1, 0.15) is 5.56 Å². The molecule has 1 aromatic heterocycles. The van der Waals surface area contributed by atoms with Gasteiger partial charge in [-0.2, -0.15) is 0 Å². The van der Waals surface area contributed by atoms with Gasteiger partial charge in [-0.05, 0) is 25.1 Å². The molecule has 1 fully saturated rings. The van der Waals surface area contributed by atoms with Crippen LogP contribution < -0.4 is 4.90 Å². The number of rotatable bonds is 3. The van der Waals surface area contributed by atoms with E-state index in [0.717, 1.165) is 29.7 Å². The summed E-state index contributed by atoms with van der Waals surface area (Å²) in [5.41, 5.74) is 2.10. The first-order valence-corrected chi connectivity index (χ1v) is 7.66. The number of benzene rings is 1. The summed E-state index contributed by atoms with van der Waals surface area (Å²) in [5, 5.41) is 1.52. The summed E-state index contributed by atoms with van der Waals surface area (Å²) in [6.07, 6.45) is 1.57. The summed E-state index contributed by atoms with van der Waals surface area (Å²) in [4.78, 5) is 18.8. The number of hydrogen-bond acceptors (Lipinski definition) is 5. The molecule has 6 heteroatoms. The Morgan fingerprint density at radius 1 is 1.41 bits per heavy atom. The molecule has 0 unspecified atom stereocenters. The number of fused-ring (bicyclic) bond motifs is 1. The zero-order chi connectivity index (χ0) is 15.5. The number of halogens is 1. The van der Waals surface area contributed by atoms with Crippen LogP contribution in [0.25, 0.3) is 10.9 Å². The third-order valence-corrected chi connectivity index (χ3v) is 3.86. The molecule has 0 bridgehead atoms. The fourth-order valence-corrected chi connectivity index (χ4v) is 2.80. The van der Waals surface area contributed by atoms with Gasteiger partial charge in [0.05, 0.1) is 31.0 Å². The number of hydrogen-bond donors (Lipinski definition) is 0. The molecule has 0 saturated carbocycles. The van der Waals surface area contributed by atoms with E-state index in [0.29, 0.717) is 30.4 Å². The second-order valence-electron chi connectivity index (χ2n) is 5.00. The molecule has 1 aromatic carbocycles. The molecule has 1 saturated heterocycles. The molecule has 1 aliphatic heterocycles. The Kier molecular flexibility index (Phi) is 4.45. The van der Waals surface area contributed by atoms with Crippen molar-refractivity contribution in [3.05, 3.63) is 35.0 Å². The summed E-state index contributed by atoms with van der Waals surface area (Å²) in [5.74, 6) is -0.353. The minimum atomic E-state index is -0.353.